The van der Waals surface area contributed by atoms with E-state index in [0.717, 1.165) is 18.4 Å². The number of aliphatic carboxylic acids is 1. The molecule has 0 amide bonds. The molecule has 88 valence electrons. The number of likely N-dealkylation sites (N-methyl/N-ethyl adjacent to an activating group) is 1. The summed E-state index contributed by atoms with van der Waals surface area (Å²) in [5, 5.41) is 16.5. The van der Waals surface area contributed by atoms with Gasteiger partial charge in [0, 0.05) is 6.20 Å². The molecule has 16 heavy (non-hydrogen) atoms. The van der Waals surface area contributed by atoms with Gasteiger partial charge in [-0.15, -0.1) is 0 Å². The monoisotopic (exact) mass is 223 g/mol. The molecule has 5 nitrogen and oxygen atoms in total. The van der Waals surface area contributed by atoms with Crippen LogP contribution in [0.25, 0.3) is 0 Å². The smallest absolute Gasteiger partial charge is 0.326 e. The van der Waals surface area contributed by atoms with E-state index in [1.807, 2.05) is 13.1 Å². The molecule has 1 aliphatic rings. The summed E-state index contributed by atoms with van der Waals surface area (Å²) < 4.78 is 1.71. The largest absolute Gasteiger partial charge is 0.480 e. The van der Waals surface area contributed by atoms with Gasteiger partial charge in [0.15, 0.2) is 0 Å². The lowest BCUT2D eigenvalue weighted by atomic mass is 9.93. The summed E-state index contributed by atoms with van der Waals surface area (Å²) in [5.74, 6) is -0.565. The van der Waals surface area contributed by atoms with Crippen molar-refractivity contribution in [2.75, 3.05) is 7.05 Å². The molecule has 1 fully saturated rings. The number of carboxylic acid groups (broad SMARTS) is 1. The van der Waals surface area contributed by atoms with Crippen molar-refractivity contribution < 1.29 is 9.90 Å². The number of hydrogen-bond acceptors (Lipinski definition) is 3. The Labute approximate surface area is 94.5 Å². The Morgan fingerprint density at radius 1 is 1.75 bits per heavy atom. The van der Waals surface area contributed by atoms with Crippen LogP contribution < -0.4 is 5.32 Å². The third kappa shape index (κ3) is 1.82. The summed E-state index contributed by atoms with van der Waals surface area (Å²) in [4.78, 5) is 11.4. The van der Waals surface area contributed by atoms with Gasteiger partial charge in [-0.25, -0.2) is 0 Å². The maximum atomic E-state index is 11.4. The highest BCUT2D eigenvalue weighted by molar-refractivity contribution is 5.79. The van der Waals surface area contributed by atoms with E-state index >= 15 is 0 Å². The molecular weight excluding hydrogens is 206 g/mol. The first-order valence-corrected chi connectivity index (χ1v) is 5.50. The Balaban J connectivity index is 2.22. The molecule has 2 rings (SSSR count). The van der Waals surface area contributed by atoms with Crippen molar-refractivity contribution in [1.82, 2.24) is 15.1 Å². The van der Waals surface area contributed by atoms with Crippen molar-refractivity contribution >= 4 is 5.97 Å². The van der Waals surface area contributed by atoms with E-state index in [4.69, 9.17) is 0 Å². The average Bonchev–Trinajstić information content (AvgIpc) is 3.00. The predicted molar refractivity (Wildman–Crippen MR) is 59.1 cm³/mol. The summed E-state index contributed by atoms with van der Waals surface area (Å²) >= 11 is 0. The number of rotatable bonds is 5. The molecule has 0 aliphatic heterocycles. The number of hydrogen-bond donors (Lipinski definition) is 2. The van der Waals surface area contributed by atoms with Crippen LogP contribution in [0.2, 0.25) is 0 Å². The number of carbonyl (C=O) groups is 1. The second-order valence-electron chi connectivity index (χ2n) is 4.52. The molecule has 1 unspecified atom stereocenters. The van der Waals surface area contributed by atoms with Gasteiger partial charge in [0.25, 0.3) is 0 Å². The molecule has 0 bridgehead atoms. The topological polar surface area (TPSA) is 67.2 Å². The molecule has 0 aromatic carbocycles. The predicted octanol–water partition coefficient (Wildman–Crippen LogP) is 0.644. The number of aromatic nitrogens is 2. The number of nitrogens with zero attached hydrogens (tertiary/aromatic N) is 2. The quantitative estimate of drug-likeness (QED) is 0.769. The fourth-order valence-electron chi connectivity index (χ4n) is 2.15. The summed E-state index contributed by atoms with van der Waals surface area (Å²) in [5.41, 5.74) is 0.185. The van der Waals surface area contributed by atoms with E-state index in [-0.39, 0.29) is 5.92 Å². The molecule has 0 radical (unpaired) electrons. The highest BCUT2D eigenvalue weighted by Crippen LogP contribution is 2.40. The van der Waals surface area contributed by atoms with Crippen LogP contribution in [0.4, 0.5) is 0 Å². The lowest BCUT2D eigenvalue weighted by molar-refractivity contribution is -0.146. The van der Waals surface area contributed by atoms with Gasteiger partial charge in [0.1, 0.15) is 5.54 Å². The molecule has 0 saturated heterocycles. The normalized spacial score (nSPS) is 19.4. The first kappa shape index (κ1) is 11.1. The van der Waals surface area contributed by atoms with Crippen LogP contribution in [-0.2, 0) is 11.3 Å². The fraction of sp³-hybridized carbons (Fsp3) is 0.636. The van der Waals surface area contributed by atoms with Gasteiger partial charge in [-0.1, -0.05) is 0 Å². The van der Waals surface area contributed by atoms with Crippen LogP contribution in [0.15, 0.2) is 12.4 Å². The zero-order chi connectivity index (χ0) is 11.8. The second kappa shape index (κ2) is 3.90. The van der Waals surface area contributed by atoms with Crippen molar-refractivity contribution in [2.24, 2.45) is 5.92 Å². The molecule has 5 heteroatoms. The van der Waals surface area contributed by atoms with Gasteiger partial charge in [0.05, 0.1) is 12.7 Å². The SMILES string of the molecule is CNC(Cn1cc(C)cn1)(C(=O)O)C1CC1. The maximum Gasteiger partial charge on any atom is 0.326 e. The summed E-state index contributed by atoms with van der Waals surface area (Å²) in [6.45, 7) is 2.33. The van der Waals surface area contributed by atoms with Crippen molar-refractivity contribution in [3.8, 4) is 0 Å². The average molecular weight is 223 g/mol. The Morgan fingerprint density at radius 3 is 2.81 bits per heavy atom. The zero-order valence-corrected chi connectivity index (χ0v) is 9.60. The highest BCUT2D eigenvalue weighted by Gasteiger charge is 2.50. The molecule has 1 heterocycles. The molecule has 1 saturated carbocycles. The van der Waals surface area contributed by atoms with E-state index in [9.17, 15) is 9.90 Å². The van der Waals surface area contributed by atoms with Gasteiger partial charge < -0.3 is 10.4 Å². The van der Waals surface area contributed by atoms with Crippen LogP contribution in [0, 0.1) is 12.8 Å². The Hall–Kier alpha value is -1.36. The Kier molecular flexibility index (Phi) is 2.71. The number of carboxylic acids is 1. The zero-order valence-electron chi connectivity index (χ0n) is 9.60. The van der Waals surface area contributed by atoms with Crippen LogP contribution in [0.1, 0.15) is 18.4 Å². The minimum Gasteiger partial charge on any atom is -0.480 e. The van der Waals surface area contributed by atoms with Gasteiger partial charge in [0.2, 0.25) is 0 Å². The summed E-state index contributed by atoms with van der Waals surface area (Å²) in [6, 6.07) is 0. The third-order valence-corrected chi connectivity index (χ3v) is 3.28. The molecule has 1 atom stereocenters. The Bertz CT molecular complexity index is 398. The van der Waals surface area contributed by atoms with E-state index in [2.05, 4.69) is 10.4 Å². The minimum absolute atomic E-state index is 0.222. The first-order chi connectivity index (χ1) is 7.58. The van der Waals surface area contributed by atoms with E-state index in [1.54, 1.807) is 17.9 Å². The molecule has 1 aromatic rings. The van der Waals surface area contributed by atoms with Gasteiger partial charge in [-0.2, -0.15) is 5.10 Å². The number of aryl methyl sites for hydroxylation is 1. The van der Waals surface area contributed by atoms with Crippen molar-refractivity contribution in [1.29, 1.82) is 0 Å². The minimum atomic E-state index is -0.863. The molecule has 1 aliphatic carbocycles. The first-order valence-electron chi connectivity index (χ1n) is 5.50. The van der Waals surface area contributed by atoms with Crippen molar-refractivity contribution in [3.05, 3.63) is 18.0 Å². The standard InChI is InChI=1S/C11H17N3O2/c1-8-5-13-14(6-8)7-11(12-2,10(15)16)9-3-4-9/h5-6,9,12H,3-4,7H2,1-2H3,(H,15,16). The van der Waals surface area contributed by atoms with Crippen LogP contribution in [-0.4, -0.2) is 33.4 Å². The Morgan fingerprint density at radius 2 is 2.44 bits per heavy atom. The summed E-state index contributed by atoms with van der Waals surface area (Å²) in [6.07, 6.45) is 5.58. The molecule has 1 aromatic heterocycles. The van der Waals surface area contributed by atoms with Crippen molar-refractivity contribution in [3.63, 3.8) is 0 Å². The summed E-state index contributed by atoms with van der Waals surface area (Å²) in [7, 11) is 1.71. The fourth-order valence-corrected chi connectivity index (χ4v) is 2.15. The van der Waals surface area contributed by atoms with Gasteiger partial charge in [-0.3, -0.25) is 9.48 Å². The second-order valence-corrected chi connectivity index (χ2v) is 4.52. The van der Waals surface area contributed by atoms with E-state index in [1.165, 1.54) is 0 Å². The van der Waals surface area contributed by atoms with Crippen LogP contribution in [0.5, 0.6) is 0 Å². The lowest BCUT2D eigenvalue weighted by Gasteiger charge is -2.28. The van der Waals surface area contributed by atoms with Crippen LogP contribution >= 0.6 is 0 Å². The molecule has 2 N–H and O–H groups in total. The van der Waals surface area contributed by atoms with E-state index in [0.29, 0.717) is 6.54 Å². The van der Waals surface area contributed by atoms with E-state index < -0.39 is 11.5 Å². The van der Waals surface area contributed by atoms with Crippen LogP contribution in [0.3, 0.4) is 0 Å². The third-order valence-electron chi connectivity index (χ3n) is 3.28. The van der Waals surface area contributed by atoms with Crippen molar-refractivity contribution in [2.45, 2.75) is 31.8 Å². The highest BCUT2D eigenvalue weighted by atomic mass is 16.4. The maximum absolute atomic E-state index is 11.4. The molecule has 0 spiro atoms. The lowest BCUT2D eigenvalue weighted by Crippen LogP contribution is -2.55. The molecular formula is C11H17N3O2. The number of nitrogens with one attached hydrogen (secondary N) is 1. The van der Waals surface area contributed by atoms with Gasteiger partial charge >= 0.3 is 5.97 Å². The van der Waals surface area contributed by atoms with Gasteiger partial charge in [-0.05, 0) is 38.3 Å².